The van der Waals surface area contributed by atoms with Crippen LogP contribution in [0, 0.1) is 11.3 Å². The molecule has 0 aliphatic carbocycles. The lowest BCUT2D eigenvalue weighted by Gasteiger charge is -2.04. The SMILES string of the molecule is N#CCCNc1cccc2ccsc12. The van der Waals surface area contributed by atoms with Gasteiger partial charge < -0.3 is 5.32 Å². The largest absolute Gasteiger partial charge is 0.383 e. The molecular weight excluding hydrogens is 192 g/mol. The molecular formula is C11H10N2S. The fraction of sp³-hybridized carbons (Fsp3) is 0.182. The number of anilines is 1. The van der Waals surface area contributed by atoms with E-state index in [1.54, 1.807) is 11.3 Å². The van der Waals surface area contributed by atoms with E-state index in [1.807, 2.05) is 6.07 Å². The molecule has 0 radical (unpaired) electrons. The van der Waals surface area contributed by atoms with E-state index >= 15 is 0 Å². The zero-order chi connectivity index (χ0) is 9.80. The van der Waals surface area contributed by atoms with E-state index in [4.69, 9.17) is 5.26 Å². The van der Waals surface area contributed by atoms with E-state index in [0.29, 0.717) is 13.0 Å². The lowest BCUT2D eigenvalue weighted by molar-refractivity contribution is 1.08. The van der Waals surface area contributed by atoms with Gasteiger partial charge >= 0.3 is 0 Å². The first-order valence-electron chi connectivity index (χ1n) is 4.49. The highest BCUT2D eigenvalue weighted by Crippen LogP contribution is 2.28. The topological polar surface area (TPSA) is 35.8 Å². The fourth-order valence-electron chi connectivity index (χ4n) is 1.39. The molecule has 0 spiro atoms. The highest BCUT2D eigenvalue weighted by molar-refractivity contribution is 7.17. The van der Waals surface area contributed by atoms with Gasteiger partial charge in [0.05, 0.1) is 22.9 Å². The van der Waals surface area contributed by atoms with Gasteiger partial charge in [-0.25, -0.2) is 0 Å². The minimum absolute atomic E-state index is 0.543. The molecule has 2 rings (SSSR count). The van der Waals surface area contributed by atoms with Crippen molar-refractivity contribution in [2.75, 3.05) is 11.9 Å². The maximum absolute atomic E-state index is 8.43. The van der Waals surface area contributed by atoms with Gasteiger partial charge in [-0.3, -0.25) is 0 Å². The summed E-state index contributed by atoms with van der Waals surface area (Å²) in [6.07, 6.45) is 0.543. The Morgan fingerprint density at radius 2 is 2.29 bits per heavy atom. The molecule has 1 aromatic carbocycles. The van der Waals surface area contributed by atoms with Gasteiger partial charge in [0.15, 0.2) is 0 Å². The van der Waals surface area contributed by atoms with Crippen LogP contribution in [0.15, 0.2) is 29.6 Å². The molecule has 1 N–H and O–H groups in total. The summed E-state index contributed by atoms with van der Waals surface area (Å²) >= 11 is 1.73. The average molecular weight is 202 g/mol. The number of nitrogens with zero attached hydrogens (tertiary/aromatic N) is 1. The van der Waals surface area contributed by atoms with Crippen molar-refractivity contribution in [3.63, 3.8) is 0 Å². The number of nitrogens with one attached hydrogen (secondary N) is 1. The third-order valence-corrected chi connectivity index (χ3v) is 2.99. The van der Waals surface area contributed by atoms with Crippen molar-refractivity contribution in [3.05, 3.63) is 29.6 Å². The standard InChI is InChI=1S/C11H10N2S/c12-6-2-7-13-10-4-1-3-9-5-8-14-11(9)10/h1,3-5,8,13H,2,7H2. The molecule has 0 unspecified atom stereocenters. The van der Waals surface area contributed by atoms with Crippen LogP contribution in [0.3, 0.4) is 0 Å². The first kappa shape index (κ1) is 9.04. The number of hydrogen-bond donors (Lipinski definition) is 1. The van der Waals surface area contributed by atoms with Crippen LogP contribution >= 0.6 is 11.3 Å². The van der Waals surface area contributed by atoms with E-state index in [9.17, 15) is 0 Å². The minimum atomic E-state index is 0.543. The van der Waals surface area contributed by atoms with E-state index in [2.05, 4.69) is 35.0 Å². The van der Waals surface area contributed by atoms with Gasteiger partial charge in [-0.2, -0.15) is 5.26 Å². The van der Waals surface area contributed by atoms with Gasteiger partial charge in [-0.15, -0.1) is 11.3 Å². The van der Waals surface area contributed by atoms with Crippen molar-refractivity contribution in [2.45, 2.75) is 6.42 Å². The fourth-order valence-corrected chi connectivity index (χ4v) is 2.28. The van der Waals surface area contributed by atoms with Crippen LogP contribution in [0.5, 0.6) is 0 Å². The van der Waals surface area contributed by atoms with Crippen molar-refractivity contribution in [1.82, 2.24) is 0 Å². The predicted molar refractivity (Wildman–Crippen MR) is 60.5 cm³/mol. The van der Waals surface area contributed by atoms with Crippen molar-refractivity contribution >= 4 is 27.1 Å². The van der Waals surface area contributed by atoms with Gasteiger partial charge in [0.25, 0.3) is 0 Å². The lowest BCUT2D eigenvalue weighted by Crippen LogP contribution is -1.99. The molecule has 3 heteroatoms. The summed E-state index contributed by atoms with van der Waals surface area (Å²) in [6, 6.07) is 10.4. The highest BCUT2D eigenvalue weighted by atomic mass is 32.1. The summed E-state index contributed by atoms with van der Waals surface area (Å²) in [5.41, 5.74) is 1.13. The lowest BCUT2D eigenvalue weighted by atomic mass is 10.2. The normalized spacial score (nSPS) is 9.93. The Labute approximate surface area is 86.8 Å². The Balaban J connectivity index is 2.24. The second kappa shape index (κ2) is 4.12. The number of rotatable bonds is 3. The van der Waals surface area contributed by atoms with Gasteiger partial charge in [0, 0.05) is 6.54 Å². The molecule has 14 heavy (non-hydrogen) atoms. The maximum atomic E-state index is 8.43. The molecule has 0 aliphatic heterocycles. The summed E-state index contributed by atoms with van der Waals surface area (Å²) in [5, 5.41) is 15.0. The maximum Gasteiger partial charge on any atom is 0.0640 e. The van der Waals surface area contributed by atoms with Crippen LogP contribution < -0.4 is 5.32 Å². The summed E-state index contributed by atoms with van der Waals surface area (Å²) in [7, 11) is 0. The Bertz CT molecular complexity index is 467. The van der Waals surface area contributed by atoms with Crippen LogP contribution in [0.4, 0.5) is 5.69 Å². The quantitative estimate of drug-likeness (QED) is 0.776. The number of hydrogen-bond acceptors (Lipinski definition) is 3. The van der Waals surface area contributed by atoms with Crippen LogP contribution in [0.2, 0.25) is 0 Å². The number of benzene rings is 1. The van der Waals surface area contributed by atoms with Crippen molar-refractivity contribution < 1.29 is 0 Å². The smallest absolute Gasteiger partial charge is 0.0640 e. The molecule has 0 bridgehead atoms. The highest BCUT2D eigenvalue weighted by Gasteiger charge is 2.00. The Morgan fingerprint density at radius 3 is 3.14 bits per heavy atom. The second-order valence-corrected chi connectivity index (χ2v) is 3.90. The van der Waals surface area contributed by atoms with E-state index in [1.165, 1.54) is 10.1 Å². The van der Waals surface area contributed by atoms with Crippen LogP contribution in [0.1, 0.15) is 6.42 Å². The molecule has 2 aromatic rings. The third-order valence-electron chi connectivity index (χ3n) is 2.03. The zero-order valence-corrected chi connectivity index (χ0v) is 8.47. The van der Waals surface area contributed by atoms with Gasteiger partial charge in [0.1, 0.15) is 0 Å². The zero-order valence-electron chi connectivity index (χ0n) is 7.66. The Kier molecular flexibility index (Phi) is 2.66. The molecule has 1 aromatic heterocycles. The third kappa shape index (κ3) is 1.70. The summed E-state index contributed by atoms with van der Waals surface area (Å²) in [5.74, 6) is 0. The average Bonchev–Trinajstić information content (AvgIpc) is 2.67. The number of nitriles is 1. The van der Waals surface area contributed by atoms with Crippen molar-refractivity contribution in [1.29, 1.82) is 5.26 Å². The number of thiophene rings is 1. The molecule has 0 aliphatic rings. The summed E-state index contributed by atoms with van der Waals surface area (Å²) in [6.45, 7) is 0.716. The van der Waals surface area contributed by atoms with Gasteiger partial charge in [0.2, 0.25) is 0 Å². The molecule has 0 atom stereocenters. The minimum Gasteiger partial charge on any atom is -0.383 e. The van der Waals surface area contributed by atoms with Gasteiger partial charge in [-0.05, 0) is 22.9 Å². The molecule has 0 saturated heterocycles. The second-order valence-electron chi connectivity index (χ2n) is 2.98. The molecule has 0 fully saturated rings. The Hall–Kier alpha value is -1.53. The summed E-state index contributed by atoms with van der Waals surface area (Å²) < 4.78 is 1.27. The van der Waals surface area contributed by atoms with E-state index in [-0.39, 0.29) is 0 Å². The molecule has 0 amide bonds. The van der Waals surface area contributed by atoms with Crippen LogP contribution in [-0.4, -0.2) is 6.54 Å². The molecule has 1 heterocycles. The first-order chi connectivity index (χ1) is 6.92. The van der Waals surface area contributed by atoms with Crippen molar-refractivity contribution in [3.8, 4) is 6.07 Å². The first-order valence-corrected chi connectivity index (χ1v) is 5.37. The predicted octanol–water partition coefficient (Wildman–Crippen LogP) is 3.23. The van der Waals surface area contributed by atoms with Crippen LogP contribution in [0.25, 0.3) is 10.1 Å². The van der Waals surface area contributed by atoms with Crippen molar-refractivity contribution in [2.24, 2.45) is 0 Å². The van der Waals surface area contributed by atoms with E-state index in [0.717, 1.165) is 5.69 Å². The molecule has 70 valence electrons. The van der Waals surface area contributed by atoms with Gasteiger partial charge in [-0.1, -0.05) is 12.1 Å². The monoisotopic (exact) mass is 202 g/mol. The molecule has 2 nitrogen and oxygen atoms in total. The van der Waals surface area contributed by atoms with Crippen LogP contribution in [-0.2, 0) is 0 Å². The number of fused-ring (bicyclic) bond motifs is 1. The Morgan fingerprint density at radius 1 is 1.36 bits per heavy atom. The summed E-state index contributed by atoms with van der Waals surface area (Å²) in [4.78, 5) is 0. The van der Waals surface area contributed by atoms with E-state index < -0.39 is 0 Å². The molecule has 0 saturated carbocycles.